The number of hydrogen-bond acceptors (Lipinski definition) is 4. The zero-order valence-corrected chi connectivity index (χ0v) is 24.9. The van der Waals surface area contributed by atoms with Crippen molar-refractivity contribution in [1.29, 1.82) is 0 Å². The van der Waals surface area contributed by atoms with E-state index < -0.39 is 28.5 Å². The van der Waals surface area contributed by atoms with E-state index in [0.29, 0.717) is 32.7 Å². The van der Waals surface area contributed by atoms with Crippen molar-refractivity contribution >= 4 is 62.3 Å². The third-order valence-corrected chi connectivity index (χ3v) is 8.85. The Bertz CT molecular complexity index is 1440. The van der Waals surface area contributed by atoms with Gasteiger partial charge in [-0.3, -0.25) is 13.9 Å². The lowest BCUT2D eigenvalue weighted by atomic mass is 10.1. The Hall–Kier alpha value is -2.78. The fourth-order valence-corrected chi connectivity index (χ4v) is 5.88. The highest BCUT2D eigenvalue weighted by Gasteiger charge is 2.33. The SMILES string of the molecule is CCCNC(=O)[C@@H](C)N(Cc1ccc(Cl)c(Cl)c1)C(=O)CN(c1cc(Cl)ccc1C)S(=O)(=O)c1ccccc1. The van der Waals surface area contributed by atoms with E-state index in [0.717, 1.165) is 10.7 Å². The zero-order chi connectivity index (χ0) is 28.7. The zero-order valence-electron chi connectivity index (χ0n) is 21.8. The first-order valence-electron chi connectivity index (χ1n) is 12.3. The molecule has 0 unspecified atom stereocenters. The molecule has 3 rings (SSSR count). The number of nitrogens with one attached hydrogen (secondary N) is 1. The molecule has 0 radical (unpaired) electrons. The van der Waals surface area contributed by atoms with Crippen molar-refractivity contribution < 1.29 is 18.0 Å². The van der Waals surface area contributed by atoms with Crippen LogP contribution in [0.4, 0.5) is 5.69 Å². The summed E-state index contributed by atoms with van der Waals surface area (Å²) in [6, 6.07) is 16.7. The van der Waals surface area contributed by atoms with E-state index in [4.69, 9.17) is 34.8 Å². The Labute approximate surface area is 244 Å². The van der Waals surface area contributed by atoms with Gasteiger partial charge in [-0.15, -0.1) is 0 Å². The lowest BCUT2D eigenvalue weighted by Crippen LogP contribution is -2.51. The minimum Gasteiger partial charge on any atom is -0.354 e. The molecule has 0 heterocycles. The molecule has 1 N–H and O–H groups in total. The summed E-state index contributed by atoms with van der Waals surface area (Å²) >= 11 is 18.5. The van der Waals surface area contributed by atoms with E-state index >= 15 is 0 Å². The van der Waals surface area contributed by atoms with Crippen LogP contribution in [0, 0.1) is 6.92 Å². The summed E-state index contributed by atoms with van der Waals surface area (Å²) in [5.41, 5.74) is 1.50. The third-order valence-electron chi connectivity index (χ3n) is 6.10. The first-order chi connectivity index (χ1) is 18.4. The monoisotopic (exact) mass is 609 g/mol. The van der Waals surface area contributed by atoms with Gasteiger partial charge in [-0.05, 0) is 67.8 Å². The van der Waals surface area contributed by atoms with Gasteiger partial charge in [-0.2, -0.15) is 0 Å². The fourth-order valence-electron chi connectivity index (χ4n) is 3.90. The molecule has 0 aliphatic carbocycles. The van der Waals surface area contributed by atoms with Crippen LogP contribution in [-0.4, -0.2) is 44.3 Å². The number of hydrogen-bond donors (Lipinski definition) is 1. The molecule has 11 heteroatoms. The summed E-state index contributed by atoms with van der Waals surface area (Å²) < 4.78 is 28.7. The predicted molar refractivity (Wildman–Crippen MR) is 157 cm³/mol. The molecule has 2 amide bonds. The average molecular weight is 611 g/mol. The molecule has 0 aromatic heterocycles. The molecule has 208 valence electrons. The highest BCUT2D eigenvalue weighted by molar-refractivity contribution is 7.92. The number of carbonyl (C=O) groups excluding carboxylic acids is 2. The largest absolute Gasteiger partial charge is 0.354 e. The molecule has 3 aromatic carbocycles. The molecule has 3 aromatic rings. The Kier molecular flexibility index (Phi) is 10.7. The number of sulfonamides is 1. The summed E-state index contributed by atoms with van der Waals surface area (Å²) in [6.45, 7) is 5.13. The molecular formula is C28H30Cl3N3O4S. The van der Waals surface area contributed by atoms with Gasteiger partial charge in [-0.1, -0.05) is 72.1 Å². The predicted octanol–water partition coefficient (Wildman–Crippen LogP) is 6.09. The molecule has 0 aliphatic heterocycles. The number of rotatable bonds is 11. The Morgan fingerprint density at radius 2 is 1.64 bits per heavy atom. The minimum absolute atomic E-state index is 0.00415. The topological polar surface area (TPSA) is 86.8 Å². The quantitative estimate of drug-likeness (QED) is 0.285. The van der Waals surface area contributed by atoms with Gasteiger partial charge >= 0.3 is 0 Å². The summed E-state index contributed by atoms with van der Waals surface area (Å²) in [5.74, 6) is -0.944. The van der Waals surface area contributed by atoms with Crippen LogP contribution in [0.15, 0.2) is 71.6 Å². The Balaban J connectivity index is 2.06. The fraction of sp³-hybridized carbons (Fsp3) is 0.286. The molecule has 1 atom stereocenters. The lowest BCUT2D eigenvalue weighted by Gasteiger charge is -2.32. The molecule has 39 heavy (non-hydrogen) atoms. The first-order valence-corrected chi connectivity index (χ1v) is 14.9. The van der Waals surface area contributed by atoms with E-state index in [1.165, 1.54) is 23.1 Å². The standard InChI is InChI=1S/C28H30Cl3N3O4S/c1-4-14-32-28(36)20(3)33(17-21-11-13-24(30)25(31)15-21)27(35)18-34(26-16-22(29)12-10-19(26)2)39(37,38)23-8-6-5-7-9-23/h5-13,15-16,20H,4,14,17-18H2,1-3H3,(H,32,36)/t20-/m1/s1. The van der Waals surface area contributed by atoms with Crippen molar-refractivity contribution in [3.63, 3.8) is 0 Å². The normalized spacial score (nSPS) is 12.1. The first kappa shape index (κ1) is 30.8. The second-order valence-electron chi connectivity index (χ2n) is 8.99. The van der Waals surface area contributed by atoms with Crippen LogP contribution < -0.4 is 9.62 Å². The second kappa shape index (κ2) is 13.5. The van der Waals surface area contributed by atoms with Crippen LogP contribution in [0.25, 0.3) is 0 Å². The molecule has 0 aliphatic rings. The highest BCUT2D eigenvalue weighted by atomic mass is 35.5. The van der Waals surface area contributed by atoms with Crippen molar-refractivity contribution in [3.05, 3.63) is 92.9 Å². The summed E-state index contributed by atoms with van der Waals surface area (Å²) in [7, 11) is -4.18. The maximum atomic E-state index is 13.9. The van der Waals surface area contributed by atoms with Crippen LogP contribution in [0.2, 0.25) is 15.1 Å². The maximum absolute atomic E-state index is 13.9. The molecule has 0 saturated heterocycles. The van der Waals surface area contributed by atoms with Gasteiger partial charge in [0.2, 0.25) is 11.8 Å². The summed E-state index contributed by atoms with van der Waals surface area (Å²) in [6.07, 6.45) is 0.719. The average Bonchev–Trinajstić information content (AvgIpc) is 2.92. The van der Waals surface area contributed by atoms with Gasteiger partial charge in [0.1, 0.15) is 12.6 Å². The summed E-state index contributed by atoms with van der Waals surface area (Å²) in [5, 5.41) is 3.77. The van der Waals surface area contributed by atoms with Crippen LogP contribution >= 0.6 is 34.8 Å². The molecule has 0 saturated carbocycles. The van der Waals surface area contributed by atoms with E-state index in [9.17, 15) is 18.0 Å². The van der Waals surface area contributed by atoms with Crippen LogP contribution in [-0.2, 0) is 26.2 Å². The van der Waals surface area contributed by atoms with Gasteiger partial charge < -0.3 is 10.2 Å². The van der Waals surface area contributed by atoms with Gasteiger partial charge in [-0.25, -0.2) is 8.42 Å². The molecular weight excluding hydrogens is 581 g/mol. The maximum Gasteiger partial charge on any atom is 0.264 e. The number of nitrogens with zero attached hydrogens (tertiary/aromatic N) is 2. The minimum atomic E-state index is -4.18. The molecule has 0 fully saturated rings. The van der Waals surface area contributed by atoms with Crippen molar-refractivity contribution in [3.8, 4) is 0 Å². The van der Waals surface area contributed by atoms with Crippen molar-refractivity contribution in [1.82, 2.24) is 10.2 Å². The number of aryl methyl sites for hydroxylation is 1. The van der Waals surface area contributed by atoms with E-state index in [1.54, 1.807) is 62.4 Å². The highest BCUT2D eigenvalue weighted by Crippen LogP contribution is 2.30. The molecule has 0 spiro atoms. The number of halogens is 3. The van der Waals surface area contributed by atoms with Gasteiger partial charge in [0, 0.05) is 18.1 Å². The van der Waals surface area contributed by atoms with Crippen molar-refractivity contribution in [2.45, 2.75) is 44.7 Å². The van der Waals surface area contributed by atoms with Crippen LogP contribution in [0.5, 0.6) is 0 Å². The molecule has 7 nitrogen and oxygen atoms in total. The van der Waals surface area contributed by atoms with Gasteiger partial charge in [0.25, 0.3) is 10.0 Å². The number of benzene rings is 3. The number of carbonyl (C=O) groups is 2. The summed E-state index contributed by atoms with van der Waals surface area (Å²) in [4.78, 5) is 28.2. The molecule has 0 bridgehead atoms. The van der Waals surface area contributed by atoms with Crippen molar-refractivity contribution in [2.24, 2.45) is 0 Å². The van der Waals surface area contributed by atoms with Gasteiger partial charge in [0.15, 0.2) is 0 Å². The van der Waals surface area contributed by atoms with E-state index in [1.807, 2.05) is 6.92 Å². The van der Waals surface area contributed by atoms with E-state index in [2.05, 4.69) is 5.32 Å². The van der Waals surface area contributed by atoms with Gasteiger partial charge in [0.05, 0.1) is 20.6 Å². The number of amides is 2. The third kappa shape index (κ3) is 7.66. The Morgan fingerprint density at radius 1 is 0.949 bits per heavy atom. The Morgan fingerprint density at radius 3 is 2.28 bits per heavy atom. The lowest BCUT2D eigenvalue weighted by molar-refractivity contribution is -0.139. The van der Waals surface area contributed by atoms with Crippen molar-refractivity contribution in [2.75, 3.05) is 17.4 Å². The van der Waals surface area contributed by atoms with Crippen LogP contribution in [0.3, 0.4) is 0 Å². The second-order valence-corrected chi connectivity index (χ2v) is 12.1. The smallest absolute Gasteiger partial charge is 0.264 e. The van der Waals surface area contributed by atoms with Crippen LogP contribution in [0.1, 0.15) is 31.4 Å². The van der Waals surface area contributed by atoms with E-state index in [-0.39, 0.29) is 23.0 Å². The number of anilines is 1.